The van der Waals surface area contributed by atoms with Gasteiger partial charge in [-0.15, -0.1) is 0 Å². The molecule has 6 heteroatoms. The van der Waals surface area contributed by atoms with Gasteiger partial charge in [-0.25, -0.2) is 4.39 Å². The van der Waals surface area contributed by atoms with Crippen LogP contribution in [0, 0.1) is 22.9 Å². The minimum Gasteiger partial charge on any atom is -0.447 e. The number of nitro groups is 1. The number of benzene rings is 2. The molecule has 0 aliphatic heterocycles. The summed E-state index contributed by atoms with van der Waals surface area (Å²) in [6, 6.07) is 7.94. The summed E-state index contributed by atoms with van der Waals surface area (Å²) in [5.41, 5.74) is 0.651. The van der Waals surface area contributed by atoms with Gasteiger partial charge in [0.1, 0.15) is 6.29 Å². The van der Waals surface area contributed by atoms with E-state index in [2.05, 4.69) is 0 Å². The SMILES string of the molecule is Cc1ccc([N+](=O)[O-])c(Oc2ccc(C=O)cc2F)c1. The van der Waals surface area contributed by atoms with Gasteiger partial charge in [0, 0.05) is 11.6 Å². The number of carbonyl (C=O) groups excluding carboxylic acids is 1. The van der Waals surface area contributed by atoms with Gasteiger partial charge in [0.05, 0.1) is 4.92 Å². The number of hydrogen-bond acceptors (Lipinski definition) is 4. The summed E-state index contributed by atoms with van der Waals surface area (Å²) in [5, 5.41) is 10.9. The van der Waals surface area contributed by atoms with Gasteiger partial charge in [-0.05, 0) is 36.8 Å². The third kappa shape index (κ3) is 2.80. The first-order chi connectivity index (χ1) is 9.51. The van der Waals surface area contributed by atoms with E-state index in [1.807, 2.05) is 0 Å². The molecule has 0 bridgehead atoms. The van der Waals surface area contributed by atoms with Gasteiger partial charge in [-0.2, -0.15) is 0 Å². The highest BCUT2D eigenvalue weighted by atomic mass is 19.1. The van der Waals surface area contributed by atoms with Gasteiger partial charge in [-0.1, -0.05) is 6.07 Å². The molecule has 0 unspecified atom stereocenters. The Labute approximate surface area is 113 Å². The zero-order valence-corrected chi connectivity index (χ0v) is 10.5. The third-order valence-corrected chi connectivity index (χ3v) is 2.62. The lowest BCUT2D eigenvalue weighted by molar-refractivity contribution is -0.385. The maximum absolute atomic E-state index is 13.7. The molecule has 0 radical (unpaired) electrons. The molecule has 2 aromatic carbocycles. The van der Waals surface area contributed by atoms with Crippen molar-refractivity contribution in [2.45, 2.75) is 6.92 Å². The number of aryl methyl sites for hydroxylation is 1. The van der Waals surface area contributed by atoms with Gasteiger partial charge in [0.2, 0.25) is 5.75 Å². The van der Waals surface area contributed by atoms with Crippen LogP contribution in [-0.2, 0) is 0 Å². The van der Waals surface area contributed by atoms with Crippen molar-refractivity contribution in [3.63, 3.8) is 0 Å². The molecule has 102 valence electrons. The van der Waals surface area contributed by atoms with E-state index in [1.54, 1.807) is 13.0 Å². The lowest BCUT2D eigenvalue weighted by Gasteiger charge is -2.08. The topological polar surface area (TPSA) is 69.4 Å². The molecule has 2 aromatic rings. The molecule has 0 heterocycles. The minimum atomic E-state index is -0.759. The monoisotopic (exact) mass is 275 g/mol. The van der Waals surface area contributed by atoms with Crippen molar-refractivity contribution in [1.29, 1.82) is 0 Å². The molecule has 0 atom stereocenters. The second kappa shape index (κ2) is 5.48. The standard InChI is InChI=1S/C14H10FNO4/c1-9-2-4-12(16(18)19)14(6-9)20-13-5-3-10(8-17)7-11(13)15/h2-8H,1H3. The van der Waals surface area contributed by atoms with Crippen LogP contribution in [0.25, 0.3) is 0 Å². The number of rotatable bonds is 4. The number of ether oxygens (including phenoxy) is 1. The second-order valence-electron chi connectivity index (χ2n) is 4.14. The summed E-state index contributed by atoms with van der Waals surface area (Å²) in [7, 11) is 0. The molecule has 0 saturated heterocycles. The predicted octanol–water partition coefficient (Wildman–Crippen LogP) is 3.65. The van der Waals surface area contributed by atoms with E-state index in [0.717, 1.165) is 11.6 Å². The largest absolute Gasteiger partial charge is 0.447 e. The first-order valence-electron chi connectivity index (χ1n) is 5.69. The van der Waals surface area contributed by atoms with Crippen LogP contribution in [0.4, 0.5) is 10.1 Å². The average Bonchev–Trinajstić information content (AvgIpc) is 2.40. The van der Waals surface area contributed by atoms with Crippen LogP contribution in [-0.4, -0.2) is 11.2 Å². The van der Waals surface area contributed by atoms with Crippen molar-refractivity contribution in [3.8, 4) is 11.5 Å². The van der Waals surface area contributed by atoms with Crippen LogP contribution in [0.15, 0.2) is 36.4 Å². The van der Waals surface area contributed by atoms with E-state index in [0.29, 0.717) is 6.29 Å². The molecule has 0 fully saturated rings. The minimum absolute atomic E-state index is 0.0484. The highest BCUT2D eigenvalue weighted by Crippen LogP contribution is 2.33. The second-order valence-corrected chi connectivity index (χ2v) is 4.14. The maximum atomic E-state index is 13.7. The molecule has 0 saturated carbocycles. The fourth-order valence-electron chi connectivity index (χ4n) is 1.65. The number of halogens is 1. The molecular weight excluding hydrogens is 265 g/mol. The normalized spacial score (nSPS) is 10.1. The first-order valence-corrected chi connectivity index (χ1v) is 5.69. The van der Waals surface area contributed by atoms with Crippen LogP contribution in [0.1, 0.15) is 15.9 Å². The van der Waals surface area contributed by atoms with Gasteiger partial charge >= 0.3 is 5.69 Å². The molecule has 0 N–H and O–H groups in total. The van der Waals surface area contributed by atoms with Crippen LogP contribution in [0.2, 0.25) is 0 Å². The molecule has 0 aromatic heterocycles. The molecule has 0 aliphatic rings. The van der Waals surface area contributed by atoms with E-state index in [4.69, 9.17) is 4.74 Å². The molecule has 0 aliphatic carbocycles. The van der Waals surface area contributed by atoms with Crippen LogP contribution in [0.5, 0.6) is 11.5 Å². The van der Waals surface area contributed by atoms with Gasteiger partial charge < -0.3 is 4.74 Å². The Bertz CT molecular complexity index is 685. The van der Waals surface area contributed by atoms with Gasteiger partial charge in [0.15, 0.2) is 11.6 Å². The molecule has 5 nitrogen and oxygen atoms in total. The van der Waals surface area contributed by atoms with E-state index in [1.165, 1.54) is 24.3 Å². The summed E-state index contributed by atoms with van der Waals surface area (Å²) in [6.45, 7) is 1.74. The quantitative estimate of drug-likeness (QED) is 0.485. The number of nitrogens with zero attached hydrogens (tertiary/aromatic N) is 1. The summed E-state index contributed by atoms with van der Waals surface area (Å²) in [6.07, 6.45) is 0.502. The fraction of sp³-hybridized carbons (Fsp3) is 0.0714. The first kappa shape index (κ1) is 13.7. The predicted molar refractivity (Wildman–Crippen MR) is 69.7 cm³/mol. The maximum Gasteiger partial charge on any atom is 0.311 e. The van der Waals surface area contributed by atoms with Gasteiger partial charge in [0.25, 0.3) is 0 Å². The third-order valence-electron chi connectivity index (χ3n) is 2.62. The number of nitro benzene ring substituents is 1. The Morgan fingerprint density at radius 2 is 1.95 bits per heavy atom. The Morgan fingerprint density at radius 3 is 2.55 bits per heavy atom. The van der Waals surface area contributed by atoms with Crippen molar-refractivity contribution in [2.24, 2.45) is 0 Å². The summed E-state index contributed by atoms with van der Waals surface area (Å²) >= 11 is 0. The highest BCUT2D eigenvalue weighted by molar-refractivity contribution is 5.75. The number of carbonyl (C=O) groups is 1. The van der Waals surface area contributed by atoms with Crippen molar-refractivity contribution < 1.29 is 18.8 Å². The molecule has 0 amide bonds. The summed E-state index contributed by atoms with van der Waals surface area (Å²) in [4.78, 5) is 20.8. The summed E-state index contributed by atoms with van der Waals surface area (Å²) < 4.78 is 19.0. The van der Waals surface area contributed by atoms with Crippen molar-refractivity contribution in [2.75, 3.05) is 0 Å². The van der Waals surface area contributed by atoms with E-state index >= 15 is 0 Å². The number of aldehydes is 1. The Balaban J connectivity index is 2.41. The Hall–Kier alpha value is -2.76. The Morgan fingerprint density at radius 1 is 1.20 bits per heavy atom. The molecule has 2 rings (SSSR count). The lowest BCUT2D eigenvalue weighted by atomic mass is 10.2. The molecule has 0 spiro atoms. The van der Waals surface area contributed by atoms with E-state index < -0.39 is 10.7 Å². The summed E-state index contributed by atoms with van der Waals surface area (Å²) in [5.74, 6) is -0.984. The van der Waals surface area contributed by atoms with Crippen LogP contribution in [0.3, 0.4) is 0 Å². The highest BCUT2D eigenvalue weighted by Gasteiger charge is 2.17. The average molecular weight is 275 g/mol. The molecular formula is C14H10FNO4. The van der Waals surface area contributed by atoms with Gasteiger partial charge in [-0.3, -0.25) is 14.9 Å². The van der Waals surface area contributed by atoms with Crippen molar-refractivity contribution >= 4 is 12.0 Å². The smallest absolute Gasteiger partial charge is 0.311 e. The Kier molecular flexibility index (Phi) is 3.74. The van der Waals surface area contributed by atoms with Crippen LogP contribution < -0.4 is 4.74 Å². The van der Waals surface area contributed by atoms with Crippen molar-refractivity contribution in [1.82, 2.24) is 0 Å². The zero-order chi connectivity index (χ0) is 14.7. The zero-order valence-electron chi connectivity index (χ0n) is 10.5. The van der Waals surface area contributed by atoms with E-state index in [9.17, 15) is 19.3 Å². The van der Waals surface area contributed by atoms with Crippen molar-refractivity contribution in [3.05, 3.63) is 63.5 Å². The lowest BCUT2D eigenvalue weighted by Crippen LogP contribution is -1.96. The number of hydrogen-bond donors (Lipinski definition) is 0. The van der Waals surface area contributed by atoms with Crippen LogP contribution >= 0.6 is 0 Å². The molecule has 20 heavy (non-hydrogen) atoms. The fourth-order valence-corrected chi connectivity index (χ4v) is 1.65. The van der Waals surface area contributed by atoms with E-state index in [-0.39, 0.29) is 22.7 Å².